The Balaban J connectivity index is 2.18. The Morgan fingerprint density at radius 2 is 1.64 bits per heavy atom. The van der Waals surface area contributed by atoms with Gasteiger partial charge in [-0.3, -0.25) is 0 Å². The Morgan fingerprint density at radius 3 is 2.29 bits per heavy atom. The number of hydrogen-bond donors (Lipinski definition) is 2. The van der Waals surface area contributed by atoms with E-state index in [1.165, 1.54) is 0 Å². The second kappa shape index (κ2) is 3.15. The third kappa shape index (κ3) is 1.55. The van der Waals surface area contributed by atoms with Crippen molar-refractivity contribution in [3.05, 3.63) is 0 Å². The Morgan fingerprint density at radius 1 is 1.07 bits per heavy atom. The van der Waals surface area contributed by atoms with E-state index in [-0.39, 0.29) is 0 Å². The minimum absolute atomic E-state index is 0.441. The van der Waals surface area contributed by atoms with Crippen LogP contribution in [0.5, 0.6) is 0 Å². The average molecular weight is 204 g/mol. The molecule has 2 rings (SSSR count). The van der Waals surface area contributed by atoms with Crippen LogP contribution >= 0.6 is 0 Å². The molecular weight excluding hydrogens is 188 g/mol. The van der Waals surface area contributed by atoms with Gasteiger partial charge in [0.25, 0.3) is 0 Å². The summed E-state index contributed by atoms with van der Waals surface area (Å²) in [6.07, 6.45) is -3.34. The maximum atomic E-state index is 9.76. The summed E-state index contributed by atoms with van der Waals surface area (Å²) in [5.74, 6) is -0.773. The van der Waals surface area contributed by atoms with Gasteiger partial charge in [0.2, 0.25) is 0 Å². The van der Waals surface area contributed by atoms with E-state index >= 15 is 0 Å². The summed E-state index contributed by atoms with van der Waals surface area (Å²) in [5, 5.41) is 19.3. The zero-order valence-electron chi connectivity index (χ0n) is 8.51. The van der Waals surface area contributed by atoms with Gasteiger partial charge in [0, 0.05) is 0 Å². The highest BCUT2D eigenvalue weighted by molar-refractivity contribution is 4.94. The van der Waals surface area contributed by atoms with E-state index in [4.69, 9.17) is 14.2 Å². The molecule has 5 atom stereocenters. The molecule has 2 heterocycles. The molecule has 82 valence electrons. The summed E-state index contributed by atoms with van der Waals surface area (Å²) in [6, 6.07) is 0. The van der Waals surface area contributed by atoms with Crippen LogP contribution in [0, 0.1) is 0 Å². The number of hydrogen-bond acceptors (Lipinski definition) is 5. The molecule has 2 N–H and O–H groups in total. The molecule has 5 heteroatoms. The molecule has 5 nitrogen and oxygen atoms in total. The van der Waals surface area contributed by atoms with E-state index in [0.717, 1.165) is 0 Å². The first-order valence-electron chi connectivity index (χ1n) is 4.78. The van der Waals surface area contributed by atoms with Crippen molar-refractivity contribution in [3.8, 4) is 0 Å². The molecule has 14 heavy (non-hydrogen) atoms. The van der Waals surface area contributed by atoms with Crippen LogP contribution in [0.25, 0.3) is 0 Å². The fraction of sp³-hybridized carbons (Fsp3) is 1.00. The standard InChI is InChI=1S/C9H16O5/c1-4-5(10)6-7(8(11)12-4)14-9(2,3)13-6/h4-8,10-11H,1-3H3/t4?,5-,6?,7+,8?/m1/s1. The summed E-state index contributed by atoms with van der Waals surface area (Å²) in [5.41, 5.74) is 0. The third-order valence-corrected chi connectivity index (χ3v) is 2.62. The largest absolute Gasteiger partial charge is 0.388 e. The van der Waals surface area contributed by atoms with Crippen LogP contribution in [0.4, 0.5) is 0 Å². The van der Waals surface area contributed by atoms with Gasteiger partial charge in [-0.1, -0.05) is 0 Å². The Kier molecular flexibility index (Phi) is 2.32. The SMILES string of the molecule is CC1OC(O)[C@H]2OC(C)(C)OC2[C@@H]1O. The fourth-order valence-electron chi connectivity index (χ4n) is 1.95. The van der Waals surface area contributed by atoms with Gasteiger partial charge in [0.1, 0.15) is 18.3 Å². The summed E-state index contributed by atoms with van der Waals surface area (Å²) in [4.78, 5) is 0. The molecule has 0 aromatic rings. The van der Waals surface area contributed by atoms with Crippen LogP contribution in [0.2, 0.25) is 0 Å². The van der Waals surface area contributed by atoms with Crippen molar-refractivity contribution in [2.45, 2.75) is 57.3 Å². The molecule has 0 aromatic heterocycles. The maximum Gasteiger partial charge on any atom is 0.184 e. The lowest BCUT2D eigenvalue weighted by atomic mass is 10.0. The van der Waals surface area contributed by atoms with Gasteiger partial charge in [-0.2, -0.15) is 0 Å². The number of rotatable bonds is 0. The van der Waals surface area contributed by atoms with Crippen molar-refractivity contribution in [2.24, 2.45) is 0 Å². The monoisotopic (exact) mass is 204 g/mol. The van der Waals surface area contributed by atoms with Crippen molar-refractivity contribution in [1.29, 1.82) is 0 Å². The van der Waals surface area contributed by atoms with Crippen molar-refractivity contribution < 1.29 is 24.4 Å². The second-order valence-electron chi connectivity index (χ2n) is 4.29. The predicted octanol–water partition coefficient (Wildman–Crippen LogP) is -0.396. The van der Waals surface area contributed by atoms with E-state index in [1.807, 2.05) is 0 Å². The molecule has 2 aliphatic heterocycles. The van der Waals surface area contributed by atoms with E-state index in [0.29, 0.717) is 0 Å². The van der Waals surface area contributed by atoms with Crippen LogP contribution in [0.15, 0.2) is 0 Å². The third-order valence-electron chi connectivity index (χ3n) is 2.62. The Hall–Kier alpha value is -0.200. The average Bonchev–Trinajstić information content (AvgIpc) is 2.38. The predicted molar refractivity (Wildman–Crippen MR) is 46.4 cm³/mol. The summed E-state index contributed by atoms with van der Waals surface area (Å²) in [7, 11) is 0. The lowest BCUT2D eigenvalue weighted by molar-refractivity contribution is -0.252. The first-order chi connectivity index (χ1) is 6.41. The van der Waals surface area contributed by atoms with Crippen molar-refractivity contribution >= 4 is 0 Å². The van der Waals surface area contributed by atoms with Gasteiger partial charge in [0.15, 0.2) is 12.1 Å². The minimum Gasteiger partial charge on any atom is -0.388 e. The lowest BCUT2D eigenvalue weighted by Crippen LogP contribution is -2.55. The van der Waals surface area contributed by atoms with Crippen molar-refractivity contribution in [2.75, 3.05) is 0 Å². The van der Waals surface area contributed by atoms with Crippen molar-refractivity contribution in [3.63, 3.8) is 0 Å². The van der Waals surface area contributed by atoms with Gasteiger partial charge in [0.05, 0.1) is 6.10 Å². The zero-order chi connectivity index (χ0) is 10.5. The molecule has 0 aromatic carbocycles. The summed E-state index contributed by atoms with van der Waals surface area (Å²) >= 11 is 0. The quantitative estimate of drug-likeness (QED) is 0.562. The topological polar surface area (TPSA) is 68.2 Å². The molecule has 0 saturated carbocycles. The van der Waals surface area contributed by atoms with Gasteiger partial charge in [-0.25, -0.2) is 0 Å². The molecule has 2 saturated heterocycles. The van der Waals surface area contributed by atoms with Gasteiger partial charge < -0.3 is 24.4 Å². The summed E-state index contributed by atoms with van der Waals surface area (Å²) < 4.78 is 16.0. The van der Waals surface area contributed by atoms with E-state index in [2.05, 4.69) is 0 Å². The van der Waals surface area contributed by atoms with Crippen LogP contribution in [-0.4, -0.2) is 46.7 Å². The van der Waals surface area contributed by atoms with E-state index in [1.54, 1.807) is 20.8 Å². The van der Waals surface area contributed by atoms with Crippen LogP contribution in [-0.2, 0) is 14.2 Å². The Bertz CT molecular complexity index is 229. The second-order valence-corrected chi connectivity index (χ2v) is 4.29. The number of fused-ring (bicyclic) bond motifs is 1. The molecule has 0 spiro atoms. The molecule has 0 radical (unpaired) electrons. The van der Waals surface area contributed by atoms with Crippen LogP contribution < -0.4 is 0 Å². The number of aliphatic hydroxyl groups excluding tert-OH is 2. The molecular formula is C9H16O5. The molecule has 0 aliphatic carbocycles. The molecule has 2 fully saturated rings. The van der Waals surface area contributed by atoms with Gasteiger partial charge in [-0.15, -0.1) is 0 Å². The van der Waals surface area contributed by atoms with Gasteiger partial charge in [-0.05, 0) is 20.8 Å². The van der Waals surface area contributed by atoms with Crippen LogP contribution in [0.1, 0.15) is 20.8 Å². The lowest BCUT2D eigenvalue weighted by Gasteiger charge is -2.36. The summed E-state index contributed by atoms with van der Waals surface area (Å²) in [6.45, 7) is 5.18. The van der Waals surface area contributed by atoms with E-state index in [9.17, 15) is 10.2 Å². The zero-order valence-corrected chi connectivity index (χ0v) is 8.51. The van der Waals surface area contributed by atoms with Crippen LogP contribution in [0.3, 0.4) is 0 Å². The van der Waals surface area contributed by atoms with Crippen molar-refractivity contribution in [1.82, 2.24) is 0 Å². The highest BCUT2D eigenvalue weighted by atomic mass is 16.8. The maximum absolute atomic E-state index is 9.76. The first kappa shape index (κ1) is 10.3. The molecule has 2 aliphatic rings. The smallest absolute Gasteiger partial charge is 0.184 e. The number of aliphatic hydroxyl groups is 2. The highest BCUT2D eigenvalue weighted by Crippen LogP contribution is 2.36. The Labute approximate surface area is 82.6 Å². The highest BCUT2D eigenvalue weighted by Gasteiger charge is 2.53. The molecule has 0 bridgehead atoms. The fourth-order valence-corrected chi connectivity index (χ4v) is 1.95. The van der Waals surface area contributed by atoms with Gasteiger partial charge >= 0.3 is 0 Å². The number of ether oxygens (including phenoxy) is 3. The minimum atomic E-state index is -1.03. The van der Waals surface area contributed by atoms with E-state index < -0.39 is 36.5 Å². The molecule has 0 amide bonds. The normalized spacial score (nSPS) is 51.6. The molecule has 3 unspecified atom stereocenters. The first-order valence-corrected chi connectivity index (χ1v) is 4.78.